The third-order valence-corrected chi connectivity index (χ3v) is 2.82. The van der Waals surface area contributed by atoms with Crippen LogP contribution in [0.5, 0.6) is 5.75 Å². The van der Waals surface area contributed by atoms with E-state index in [1.165, 1.54) is 5.56 Å². The van der Waals surface area contributed by atoms with E-state index < -0.39 is 0 Å². The summed E-state index contributed by atoms with van der Waals surface area (Å²) in [7, 11) is 1.68. The van der Waals surface area contributed by atoms with Crippen molar-refractivity contribution in [3.05, 3.63) is 65.7 Å². The van der Waals surface area contributed by atoms with Crippen molar-refractivity contribution in [1.82, 2.24) is 0 Å². The van der Waals surface area contributed by atoms with Gasteiger partial charge in [0, 0.05) is 6.04 Å². The van der Waals surface area contributed by atoms with Crippen LogP contribution in [-0.4, -0.2) is 7.11 Å². The molecule has 96 valence electrons. The van der Waals surface area contributed by atoms with Crippen LogP contribution >= 0.6 is 12.4 Å². The van der Waals surface area contributed by atoms with E-state index in [0.717, 1.165) is 17.7 Å². The summed E-state index contributed by atoms with van der Waals surface area (Å²) in [6.07, 6.45) is 0.821. The number of halogens is 1. The van der Waals surface area contributed by atoms with Gasteiger partial charge in [-0.05, 0) is 29.7 Å². The fourth-order valence-corrected chi connectivity index (χ4v) is 1.87. The van der Waals surface area contributed by atoms with Crippen LogP contribution in [0, 0.1) is 0 Å². The summed E-state index contributed by atoms with van der Waals surface area (Å²) in [6.45, 7) is 0. The zero-order valence-electron chi connectivity index (χ0n) is 10.4. The van der Waals surface area contributed by atoms with Gasteiger partial charge in [-0.25, -0.2) is 0 Å². The van der Waals surface area contributed by atoms with Gasteiger partial charge < -0.3 is 10.5 Å². The molecule has 0 fully saturated rings. The monoisotopic (exact) mass is 263 g/mol. The van der Waals surface area contributed by atoms with Crippen molar-refractivity contribution in [2.45, 2.75) is 12.5 Å². The predicted molar refractivity (Wildman–Crippen MR) is 77.3 cm³/mol. The van der Waals surface area contributed by atoms with Gasteiger partial charge in [0.15, 0.2) is 0 Å². The molecule has 0 bridgehead atoms. The van der Waals surface area contributed by atoms with Gasteiger partial charge in [-0.2, -0.15) is 0 Å². The van der Waals surface area contributed by atoms with Crippen molar-refractivity contribution >= 4 is 12.4 Å². The highest BCUT2D eigenvalue weighted by Crippen LogP contribution is 2.19. The largest absolute Gasteiger partial charge is 0.497 e. The first-order chi connectivity index (χ1) is 8.29. The molecule has 0 heterocycles. The van der Waals surface area contributed by atoms with Gasteiger partial charge >= 0.3 is 0 Å². The molecule has 2 N–H and O–H groups in total. The van der Waals surface area contributed by atoms with Crippen molar-refractivity contribution < 1.29 is 4.74 Å². The first-order valence-corrected chi connectivity index (χ1v) is 5.73. The van der Waals surface area contributed by atoms with E-state index in [9.17, 15) is 0 Å². The Labute approximate surface area is 114 Å². The number of ether oxygens (including phenoxy) is 1. The topological polar surface area (TPSA) is 35.2 Å². The Morgan fingerprint density at radius 3 is 2.44 bits per heavy atom. The molecule has 1 atom stereocenters. The maximum absolute atomic E-state index is 6.18. The Morgan fingerprint density at radius 2 is 1.78 bits per heavy atom. The van der Waals surface area contributed by atoms with E-state index in [0.29, 0.717) is 0 Å². The number of nitrogens with two attached hydrogens (primary N) is 1. The fourth-order valence-electron chi connectivity index (χ4n) is 1.87. The van der Waals surface area contributed by atoms with Gasteiger partial charge in [0.1, 0.15) is 5.75 Å². The zero-order valence-corrected chi connectivity index (χ0v) is 11.2. The molecule has 0 aliphatic rings. The lowest BCUT2D eigenvalue weighted by Gasteiger charge is -2.12. The number of hydrogen-bond acceptors (Lipinski definition) is 2. The Bertz CT molecular complexity index is 473. The lowest BCUT2D eigenvalue weighted by Crippen LogP contribution is -2.13. The predicted octanol–water partition coefficient (Wildman–Crippen LogP) is 3.36. The van der Waals surface area contributed by atoms with Crippen LogP contribution in [0.2, 0.25) is 0 Å². The first kappa shape index (κ1) is 14.6. The maximum Gasteiger partial charge on any atom is 0.119 e. The third-order valence-electron chi connectivity index (χ3n) is 2.82. The molecular weight excluding hydrogens is 246 g/mol. The summed E-state index contributed by atoms with van der Waals surface area (Å²) in [5, 5.41) is 0. The number of hydrogen-bond donors (Lipinski definition) is 1. The van der Waals surface area contributed by atoms with E-state index >= 15 is 0 Å². The van der Waals surface area contributed by atoms with Crippen molar-refractivity contribution in [1.29, 1.82) is 0 Å². The summed E-state index contributed by atoms with van der Waals surface area (Å²) >= 11 is 0. The smallest absolute Gasteiger partial charge is 0.119 e. The first-order valence-electron chi connectivity index (χ1n) is 5.73. The van der Waals surface area contributed by atoms with E-state index in [-0.39, 0.29) is 18.4 Å². The van der Waals surface area contributed by atoms with Crippen LogP contribution in [0.3, 0.4) is 0 Å². The van der Waals surface area contributed by atoms with E-state index in [1.54, 1.807) is 7.11 Å². The lowest BCUT2D eigenvalue weighted by atomic mass is 10.00. The second-order valence-corrected chi connectivity index (χ2v) is 4.07. The van der Waals surface area contributed by atoms with Crippen molar-refractivity contribution in [2.75, 3.05) is 7.11 Å². The minimum atomic E-state index is 0. The van der Waals surface area contributed by atoms with Gasteiger partial charge in [0.05, 0.1) is 7.11 Å². The maximum atomic E-state index is 6.18. The summed E-state index contributed by atoms with van der Waals surface area (Å²) < 4.78 is 5.20. The fraction of sp³-hybridized carbons (Fsp3) is 0.200. The molecule has 0 saturated carbocycles. The summed E-state index contributed by atoms with van der Waals surface area (Å²) in [5.41, 5.74) is 8.54. The summed E-state index contributed by atoms with van der Waals surface area (Å²) in [4.78, 5) is 0. The minimum Gasteiger partial charge on any atom is -0.497 e. The molecule has 18 heavy (non-hydrogen) atoms. The van der Waals surface area contributed by atoms with Gasteiger partial charge in [-0.1, -0.05) is 42.5 Å². The normalized spacial score (nSPS) is 11.4. The van der Waals surface area contributed by atoms with Crippen LogP contribution in [0.4, 0.5) is 0 Å². The third kappa shape index (κ3) is 3.76. The number of benzene rings is 2. The quantitative estimate of drug-likeness (QED) is 0.918. The minimum absolute atomic E-state index is 0. The molecule has 2 aromatic rings. The Morgan fingerprint density at radius 1 is 1.06 bits per heavy atom. The van der Waals surface area contributed by atoms with Gasteiger partial charge in [0.2, 0.25) is 0 Å². The molecule has 0 spiro atoms. The Kier molecular flexibility index (Phi) is 5.69. The molecule has 2 rings (SSSR count). The average Bonchev–Trinajstić information content (AvgIpc) is 2.40. The van der Waals surface area contributed by atoms with Crippen molar-refractivity contribution in [3.63, 3.8) is 0 Å². The van der Waals surface area contributed by atoms with Crippen molar-refractivity contribution in [2.24, 2.45) is 5.73 Å². The highest BCUT2D eigenvalue weighted by molar-refractivity contribution is 5.85. The van der Waals surface area contributed by atoms with Gasteiger partial charge in [-0.15, -0.1) is 12.4 Å². The molecule has 0 aliphatic carbocycles. The summed E-state index contributed by atoms with van der Waals surface area (Å²) in [5.74, 6) is 0.878. The lowest BCUT2D eigenvalue weighted by molar-refractivity contribution is 0.414. The van der Waals surface area contributed by atoms with Gasteiger partial charge in [-0.3, -0.25) is 0 Å². The number of rotatable bonds is 4. The SMILES string of the molecule is COc1cccc(CC(N)c2ccccc2)c1.Cl. The standard InChI is InChI=1S/C15H17NO.ClH/c1-17-14-9-5-6-12(10-14)11-15(16)13-7-3-2-4-8-13;/h2-10,15H,11,16H2,1H3;1H. The van der Waals surface area contributed by atoms with Gasteiger partial charge in [0.25, 0.3) is 0 Å². The van der Waals surface area contributed by atoms with Crippen LogP contribution in [-0.2, 0) is 6.42 Å². The molecule has 3 heteroatoms. The second-order valence-electron chi connectivity index (χ2n) is 4.07. The van der Waals surface area contributed by atoms with Crippen LogP contribution < -0.4 is 10.5 Å². The molecule has 0 saturated heterocycles. The van der Waals surface area contributed by atoms with E-state index in [4.69, 9.17) is 10.5 Å². The Hall–Kier alpha value is -1.51. The highest BCUT2D eigenvalue weighted by atomic mass is 35.5. The molecule has 0 aromatic heterocycles. The molecule has 1 unspecified atom stereocenters. The van der Waals surface area contributed by atoms with E-state index in [2.05, 4.69) is 18.2 Å². The van der Waals surface area contributed by atoms with Crippen LogP contribution in [0.15, 0.2) is 54.6 Å². The average molecular weight is 264 g/mol. The molecule has 2 nitrogen and oxygen atoms in total. The van der Waals surface area contributed by atoms with Crippen LogP contribution in [0.1, 0.15) is 17.2 Å². The zero-order chi connectivity index (χ0) is 12.1. The second kappa shape index (κ2) is 7.04. The molecule has 0 amide bonds. The molecule has 2 aromatic carbocycles. The van der Waals surface area contributed by atoms with E-state index in [1.807, 2.05) is 36.4 Å². The Balaban J connectivity index is 0.00000162. The highest BCUT2D eigenvalue weighted by Gasteiger charge is 2.06. The summed E-state index contributed by atoms with van der Waals surface area (Å²) in [6, 6.07) is 18.2. The molecule has 0 aliphatic heterocycles. The van der Waals surface area contributed by atoms with Crippen LogP contribution in [0.25, 0.3) is 0 Å². The number of methoxy groups -OCH3 is 1. The van der Waals surface area contributed by atoms with Crippen molar-refractivity contribution in [3.8, 4) is 5.75 Å². The molecular formula is C15H18ClNO. The molecule has 0 radical (unpaired) electrons.